The van der Waals surface area contributed by atoms with Gasteiger partial charge in [-0.25, -0.2) is 17.6 Å². The zero-order valence-electron chi connectivity index (χ0n) is 10.9. The fourth-order valence-corrected chi connectivity index (χ4v) is 3.13. The number of carbonyl (C=O) groups is 1. The Morgan fingerprint density at radius 1 is 1.15 bits per heavy atom. The summed E-state index contributed by atoms with van der Waals surface area (Å²) >= 11 is 0. The minimum absolute atomic E-state index is 0.0761. The van der Waals surface area contributed by atoms with Gasteiger partial charge in [0.1, 0.15) is 5.82 Å². The van der Waals surface area contributed by atoms with Crippen LogP contribution in [0.25, 0.3) is 0 Å². The fourth-order valence-electron chi connectivity index (χ4n) is 1.74. The summed E-state index contributed by atoms with van der Waals surface area (Å²) < 4.78 is 37.2. The van der Waals surface area contributed by atoms with Crippen molar-refractivity contribution in [2.24, 2.45) is 0 Å². The SMILES string of the molecule is O=C(O)c1cc(S(=O)(=O)CCCCCCO)ccc1F. The molecule has 0 amide bonds. The molecule has 0 heterocycles. The Balaban J connectivity index is 2.77. The van der Waals surface area contributed by atoms with E-state index in [4.69, 9.17) is 10.2 Å². The Bertz CT molecular complexity index is 568. The minimum atomic E-state index is -3.61. The summed E-state index contributed by atoms with van der Waals surface area (Å²) in [6, 6.07) is 2.77. The quantitative estimate of drug-likeness (QED) is 0.565. The van der Waals surface area contributed by atoms with Crippen LogP contribution in [-0.4, -0.2) is 37.0 Å². The molecule has 20 heavy (non-hydrogen) atoms. The highest BCUT2D eigenvalue weighted by atomic mass is 32.2. The van der Waals surface area contributed by atoms with E-state index in [1.807, 2.05) is 0 Å². The first-order chi connectivity index (χ1) is 9.38. The van der Waals surface area contributed by atoms with E-state index < -0.39 is 27.2 Å². The molecule has 1 aromatic rings. The van der Waals surface area contributed by atoms with Crippen LogP contribution in [0.15, 0.2) is 23.1 Å². The number of carboxylic acids is 1. The number of hydrogen-bond acceptors (Lipinski definition) is 4. The first-order valence-electron chi connectivity index (χ1n) is 6.25. The smallest absolute Gasteiger partial charge is 0.338 e. The number of aliphatic hydroxyl groups excluding tert-OH is 1. The number of halogens is 1. The molecule has 0 unspecified atom stereocenters. The number of carboxylic acid groups (broad SMARTS) is 1. The summed E-state index contributed by atoms with van der Waals surface area (Å²) in [4.78, 5) is 10.6. The molecule has 5 nitrogen and oxygen atoms in total. The number of sulfone groups is 1. The average Bonchev–Trinajstić information content (AvgIpc) is 2.38. The van der Waals surface area contributed by atoms with Gasteiger partial charge < -0.3 is 10.2 Å². The molecule has 0 atom stereocenters. The summed E-state index contributed by atoms with van der Waals surface area (Å²) in [6.45, 7) is 0.0761. The molecular weight excluding hydrogens is 287 g/mol. The number of rotatable bonds is 8. The van der Waals surface area contributed by atoms with Crippen LogP contribution in [0.1, 0.15) is 36.0 Å². The van der Waals surface area contributed by atoms with Crippen LogP contribution in [0.5, 0.6) is 0 Å². The van der Waals surface area contributed by atoms with Crippen LogP contribution < -0.4 is 0 Å². The second-order valence-electron chi connectivity index (χ2n) is 4.40. The van der Waals surface area contributed by atoms with E-state index in [2.05, 4.69) is 0 Å². The molecule has 0 fully saturated rings. The van der Waals surface area contributed by atoms with Crippen LogP contribution in [0.2, 0.25) is 0 Å². The molecule has 0 aliphatic heterocycles. The predicted molar refractivity (Wildman–Crippen MR) is 71.0 cm³/mol. The number of aliphatic hydroxyl groups is 1. The maximum absolute atomic E-state index is 13.2. The largest absolute Gasteiger partial charge is 0.478 e. The van der Waals surface area contributed by atoms with Crippen molar-refractivity contribution in [2.45, 2.75) is 30.6 Å². The van der Waals surface area contributed by atoms with Crippen LogP contribution in [0, 0.1) is 5.82 Å². The molecule has 0 radical (unpaired) electrons. The molecule has 0 aliphatic carbocycles. The first kappa shape index (κ1) is 16.6. The second-order valence-corrected chi connectivity index (χ2v) is 6.51. The van der Waals surface area contributed by atoms with Crippen LogP contribution in [0.3, 0.4) is 0 Å². The lowest BCUT2D eigenvalue weighted by Gasteiger charge is -2.06. The molecule has 112 valence electrons. The number of unbranched alkanes of at least 4 members (excludes halogenated alkanes) is 3. The van der Waals surface area contributed by atoms with Gasteiger partial charge in [0.2, 0.25) is 0 Å². The molecule has 0 saturated heterocycles. The summed E-state index contributed by atoms with van der Waals surface area (Å²) in [6.07, 6.45) is 2.43. The molecule has 0 spiro atoms. The van der Waals surface area contributed by atoms with Gasteiger partial charge in [-0.15, -0.1) is 0 Å². The molecule has 0 aromatic heterocycles. The van der Waals surface area contributed by atoms with Gasteiger partial charge in [-0.05, 0) is 31.0 Å². The van der Waals surface area contributed by atoms with Gasteiger partial charge in [-0.2, -0.15) is 0 Å². The zero-order valence-corrected chi connectivity index (χ0v) is 11.7. The molecular formula is C13H17FO5S. The third kappa shape index (κ3) is 4.57. The van der Waals surface area contributed by atoms with Crippen molar-refractivity contribution >= 4 is 15.8 Å². The van der Waals surface area contributed by atoms with Gasteiger partial charge >= 0.3 is 5.97 Å². The van der Waals surface area contributed by atoms with E-state index in [-0.39, 0.29) is 17.3 Å². The molecule has 1 rings (SSSR count). The molecule has 0 saturated carbocycles. The molecule has 0 aliphatic rings. The number of hydrogen-bond donors (Lipinski definition) is 2. The summed E-state index contributed by atoms with van der Waals surface area (Å²) in [7, 11) is -3.61. The van der Waals surface area contributed by atoms with Crippen LogP contribution >= 0.6 is 0 Å². The topological polar surface area (TPSA) is 91.7 Å². The van der Waals surface area contributed by atoms with E-state index in [0.717, 1.165) is 24.6 Å². The standard InChI is InChI=1S/C13H17FO5S/c14-12-6-5-10(9-11(12)13(16)17)20(18,19)8-4-2-1-3-7-15/h5-6,9,15H,1-4,7-8H2,(H,16,17). The zero-order chi connectivity index (χ0) is 15.2. The second kappa shape index (κ2) is 7.35. The first-order valence-corrected chi connectivity index (χ1v) is 7.90. The van der Waals surface area contributed by atoms with E-state index in [1.165, 1.54) is 0 Å². The van der Waals surface area contributed by atoms with Crippen molar-refractivity contribution in [2.75, 3.05) is 12.4 Å². The van der Waals surface area contributed by atoms with Gasteiger partial charge in [0.25, 0.3) is 0 Å². The lowest BCUT2D eigenvalue weighted by molar-refractivity contribution is 0.0691. The van der Waals surface area contributed by atoms with E-state index in [9.17, 15) is 17.6 Å². The van der Waals surface area contributed by atoms with Gasteiger partial charge in [0.15, 0.2) is 9.84 Å². The summed E-state index contributed by atoms with van der Waals surface area (Å²) in [5.74, 6) is -2.58. The highest BCUT2D eigenvalue weighted by Crippen LogP contribution is 2.18. The van der Waals surface area contributed by atoms with Gasteiger partial charge in [-0.1, -0.05) is 12.8 Å². The Labute approximate surface area is 117 Å². The highest BCUT2D eigenvalue weighted by molar-refractivity contribution is 7.91. The van der Waals surface area contributed by atoms with Crippen molar-refractivity contribution in [1.82, 2.24) is 0 Å². The molecule has 1 aromatic carbocycles. The minimum Gasteiger partial charge on any atom is -0.478 e. The number of benzene rings is 1. The Hall–Kier alpha value is -1.47. The lowest BCUT2D eigenvalue weighted by atomic mass is 10.2. The third-order valence-electron chi connectivity index (χ3n) is 2.85. The molecule has 2 N–H and O–H groups in total. The van der Waals surface area contributed by atoms with Gasteiger partial charge in [-0.3, -0.25) is 0 Å². The van der Waals surface area contributed by atoms with Crippen molar-refractivity contribution in [3.05, 3.63) is 29.6 Å². The van der Waals surface area contributed by atoms with E-state index >= 15 is 0 Å². The Morgan fingerprint density at radius 3 is 2.40 bits per heavy atom. The van der Waals surface area contributed by atoms with Crippen LogP contribution in [-0.2, 0) is 9.84 Å². The number of aromatic carboxylic acids is 1. The van der Waals surface area contributed by atoms with E-state index in [0.29, 0.717) is 19.3 Å². The summed E-state index contributed by atoms with van der Waals surface area (Å²) in [5.41, 5.74) is -0.647. The van der Waals surface area contributed by atoms with Crippen LogP contribution in [0.4, 0.5) is 4.39 Å². The van der Waals surface area contributed by atoms with Crippen molar-refractivity contribution < 1.29 is 27.8 Å². The van der Waals surface area contributed by atoms with Crippen molar-refractivity contribution in [3.8, 4) is 0 Å². The normalized spacial score (nSPS) is 11.5. The van der Waals surface area contributed by atoms with Crippen molar-refractivity contribution in [1.29, 1.82) is 0 Å². The monoisotopic (exact) mass is 304 g/mol. The third-order valence-corrected chi connectivity index (χ3v) is 4.65. The predicted octanol–water partition coefficient (Wildman–Crippen LogP) is 1.85. The highest BCUT2D eigenvalue weighted by Gasteiger charge is 2.18. The van der Waals surface area contributed by atoms with Gasteiger partial charge in [0, 0.05) is 6.61 Å². The summed E-state index contributed by atoms with van der Waals surface area (Å²) in [5, 5.41) is 17.4. The molecule has 7 heteroatoms. The van der Waals surface area contributed by atoms with E-state index in [1.54, 1.807) is 0 Å². The molecule has 0 bridgehead atoms. The maximum Gasteiger partial charge on any atom is 0.338 e. The Morgan fingerprint density at radius 2 is 1.80 bits per heavy atom. The maximum atomic E-state index is 13.2. The van der Waals surface area contributed by atoms with Gasteiger partial charge in [0.05, 0.1) is 16.2 Å². The Kier molecular flexibility index (Phi) is 6.09. The average molecular weight is 304 g/mol. The fraction of sp³-hybridized carbons (Fsp3) is 0.462. The van der Waals surface area contributed by atoms with Crippen molar-refractivity contribution in [3.63, 3.8) is 0 Å². The lowest BCUT2D eigenvalue weighted by Crippen LogP contribution is -2.09.